The Balaban J connectivity index is 1.53. The number of thiophene rings is 1. The van der Waals surface area contributed by atoms with Crippen LogP contribution in [0.3, 0.4) is 0 Å². The summed E-state index contributed by atoms with van der Waals surface area (Å²) in [6, 6.07) is 9.00. The third-order valence-corrected chi connectivity index (χ3v) is 6.57. The highest BCUT2D eigenvalue weighted by Gasteiger charge is 2.16. The van der Waals surface area contributed by atoms with Gasteiger partial charge < -0.3 is 15.0 Å². The molecule has 0 fully saturated rings. The minimum absolute atomic E-state index is 0.225. The number of aromatic carboxylic acids is 1. The fraction of sp³-hybridized carbons (Fsp3) is 0.261. The number of aryl methyl sites for hydroxylation is 3. The first-order valence-corrected chi connectivity index (χ1v) is 10.9. The molecular formula is C23H23FN4O2S. The van der Waals surface area contributed by atoms with Gasteiger partial charge in [0.05, 0.1) is 16.1 Å². The molecule has 8 heteroatoms. The van der Waals surface area contributed by atoms with E-state index in [2.05, 4.69) is 15.3 Å². The van der Waals surface area contributed by atoms with Crippen molar-refractivity contribution in [3.8, 4) is 10.6 Å². The maximum atomic E-state index is 14.4. The summed E-state index contributed by atoms with van der Waals surface area (Å²) in [6.07, 6.45) is 2.11. The Kier molecular flexibility index (Phi) is 5.73. The Morgan fingerprint density at radius 2 is 2.03 bits per heavy atom. The van der Waals surface area contributed by atoms with E-state index < -0.39 is 5.97 Å². The maximum Gasteiger partial charge on any atom is 0.346 e. The van der Waals surface area contributed by atoms with Crippen molar-refractivity contribution in [3.63, 3.8) is 0 Å². The van der Waals surface area contributed by atoms with Crippen molar-refractivity contribution in [2.24, 2.45) is 0 Å². The van der Waals surface area contributed by atoms with Crippen LogP contribution in [-0.2, 0) is 13.0 Å². The molecule has 6 nitrogen and oxygen atoms in total. The Hall–Kier alpha value is -3.26. The van der Waals surface area contributed by atoms with Gasteiger partial charge in [0.2, 0.25) is 0 Å². The van der Waals surface area contributed by atoms with Crippen molar-refractivity contribution in [2.75, 3.05) is 11.9 Å². The number of carbonyl (C=O) groups is 1. The second kappa shape index (κ2) is 8.47. The lowest BCUT2D eigenvalue weighted by Crippen LogP contribution is -2.12. The first-order chi connectivity index (χ1) is 14.9. The Morgan fingerprint density at radius 1 is 1.23 bits per heavy atom. The number of nitrogens with zero attached hydrogens (tertiary/aromatic N) is 3. The average Bonchev–Trinajstić information content (AvgIpc) is 3.33. The van der Waals surface area contributed by atoms with Gasteiger partial charge in [0, 0.05) is 30.2 Å². The molecule has 160 valence electrons. The van der Waals surface area contributed by atoms with Crippen LogP contribution in [0.2, 0.25) is 0 Å². The van der Waals surface area contributed by atoms with E-state index in [1.54, 1.807) is 6.07 Å². The SMILES string of the molecule is CCc1cc(-c2cc(NCCn3c(C)cc4c(C)ccc(F)c43)ncn2)sc1C(=O)O. The summed E-state index contributed by atoms with van der Waals surface area (Å²) in [6.45, 7) is 7.03. The van der Waals surface area contributed by atoms with Crippen LogP contribution < -0.4 is 5.32 Å². The molecule has 0 aliphatic carbocycles. The third-order valence-electron chi connectivity index (χ3n) is 5.38. The van der Waals surface area contributed by atoms with Crippen LogP contribution in [0.5, 0.6) is 0 Å². The van der Waals surface area contributed by atoms with E-state index in [1.807, 2.05) is 43.5 Å². The molecule has 1 aromatic carbocycles. The van der Waals surface area contributed by atoms with Crippen LogP contribution in [0.4, 0.5) is 10.2 Å². The summed E-state index contributed by atoms with van der Waals surface area (Å²) in [5.74, 6) is -0.506. The van der Waals surface area contributed by atoms with Gasteiger partial charge in [-0.05, 0) is 49.6 Å². The lowest BCUT2D eigenvalue weighted by atomic mass is 10.1. The number of anilines is 1. The number of carboxylic acid groups (broad SMARTS) is 1. The highest BCUT2D eigenvalue weighted by atomic mass is 32.1. The highest BCUT2D eigenvalue weighted by molar-refractivity contribution is 7.17. The van der Waals surface area contributed by atoms with Gasteiger partial charge in [-0.15, -0.1) is 11.3 Å². The minimum atomic E-state index is -0.919. The van der Waals surface area contributed by atoms with Crippen LogP contribution in [0, 0.1) is 19.7 Å². The number of nitrogens with one attached hydrogen (secondary N) is 1. The largest absolute Gasteiger partial charge is 0.477 e. The molecule has 0 saturated carbocycles. The third kappa shape index (κ3) is 4.03. The monoisotopic (exact) mass is 438 g/mol. The molecule has 3 aromatic heterocycles. The Labute approximate surface area is 183 Å². The van der Waals surface area contributed by atoms with Crippen LogP contribution in [0.25, 0.3) is 21.5 Å². The van der Waals surface area contributed by atoms with Gasteiger partial charge in [-0.2, -0.15) is 0 Å². The molecule has 0 saturated heterocycles. The maximum absolute atomic E-state index is 14.4. The molecular weight excluding hydrogens is 415 g/mol. The van der Waals surface area contributed by atoms with Gasteiger partial charge in [0.1, 0.15) is 22.8 Å². The summed E-state index contributed by atoms with van der Waals surface area (Å²) < 4.78 is 16.4. The molecule has 4 aromatic rings. The van der Waals surface area contributed by atoms with E-state index in [9.17, 15) is 14.3 Å². The number of hydrogen-bond acceptors (Lipinski definition) is 5. The summed E-state index contributed by atoms with van der Waals surface area (Å²) in [5.41, 5.74) is 4.14. The first kappa shape index (κ1) is 21.0. The topological polar surface area (TPSA) is 80.0 Å². The van der Waals surface area contributed by atoms with Crippen LogP contribution >= 0.6 is 11.3 Å². The Morgan fingerprint density at radius 3 is 2.74 bits per heavy atom. The van der Waals surface area contributed by atoms with Gasteiger partial charge in [-0.25, -0.2) is 19.2 Å². The zero-order chi connectivity index (χ0) is 22.1. The fourth-order valence-electron chi connectivity index (χ4n) is 3.77. The molecule has 0 bridgehead atoms. The summed E-state index contributed by atoms with van der Waals surface area (Å²) >= 11 is 1.22. The van der Waals surface area contributed by atoms with E-state index >= 15 is 0 Å². The molecule has 0 unspecified atom stereocenters. The van der Waals surface area contributed by atoms with E-state index in [1.165, 1.54) is 23.7 Å². The van der Waals surface area contributed by atoms with Crippen LogP contribution in [0.1, 0.15) is 33.4 Å². The predicted octanol–water partition coefficient (Wildman–Crippen LogP) is 5.29. The van der Waals surface area contributed by atoms with Gasteiger partial charge in [0.15, 0.2) is 0 Å². The standard InChI is InChI=1S/C23H23FN4O2S/c1-4-15-10-19(31-22(15)23(29)30)18-11-20(27-12-26-18)25-7-8-28-14(3)9-16-13(2)5-6-17(24)21(16)28/h5-6,9-12H,4,7-8H2,1-3H3,(H,29,30)(H,25,26,27). The van der Waals surface area contributed by atoms with E-state index in [0.29, 0.717) is 41.4 Å². The smallest absolute Gasteiger partial charge is 0.346 e. The molecule has 2 N–H and O–H groups in total. The van der Waals surface area contributed by atoms with Crippen molar-refractivity contribution in [1.29, 1.82) is 0 Å². The molecule has 4 rings (SSSR count). The fourth-order valence-corrected chi connectivity index (χ4v) is 4.83. The van der Waals surface area contributed by atoms with Crippen LogP contribution in [-0.4, -0.2) is 32.2 Å². The quantitative estimate of drug-likeness (QED) is 0.410. The molecule has 0 spiro atoms. The van der Waals surface area contributed by atoms with E-state index in [-0.39, 0.29) is 5.82 Å². The van der Waals surface area contributed by atoms with Crippen molar-refractivity contribution >= 4 is 34.0 Å². The number of halogens is 1. The van der Waals surface area contributed by atoms with Gasteiger partial charge in [-0.3, -0.25) is 0 Å². The van der Waals surface area contributed by atoms with Gasteiger partial charge in [0.25, 0.3) is 0 Å². The lowest BCUT2D eigenvalue weighted by molar-refractivity contribution is 0.0701. The van der Waals surface area contributed by atoms with Crippen molar-refractivity contribution in [2.45, 2.75) is 33.7 Å². The number of hydrogen-bond donors (Lipinski definition) is 2. The van der Waals surface area contributed by atoms with E-state index in [4.69, 9.17) is 0 Å². The Bertz CT molecular complexity index is 1280. The normalized spacial score (nSPS) is 11.2. The summed E-state index contributed by atoms with van der Waals surface area (Å²) in [4.78, 5) is 21.2. The minimum Gasteiger partial charge on any atom is -0.477 e. The number of rotatable bonds is 7. The van der Waals surface area contributed by atoms with Crippen molar-refractivity contribution in [1.82, 2.24) is 14.5 Å². The van der Waals surface area contributed by atoms with E-state index in [0.717, 1.165) is 27.1 Å². The lowest BCUT2D eigenvalue weighted by Gasteiger charge is -2.11. The molecule has 0 radical (unpaired) electrons. The zero-order valence-corrected chi connectivity index (χ0v) is 18.4. The summed E-state index contributed by atoms with van der Waals surface area (Å²) in [5, 5.41) is 13.6. The van der Waals surface area contributed by atoms with Gasteiger partial charge in [-0.1, -0.05) is 13.0 Å². The van der Waals surface area contributed by atoms with Crippen molar-refractivity contribution < 1.29 is 14.3 Å². The first-order valence-electron chi connectivity index (χ1n) is 10.1. The number of carboxylic acids is 1. The summed E-state index contributed by atoms with van der Waals surface area (Å²) in [7, 11) is 0. The van der Waals surface area contributed by atoms with Crippen LogP contribution in [0.15, 0.2) is 36.7 Å². The molecule has 3 heterocycles. The molecule has 31 heavy (non-hydrogen) atoms. The molecule has 0 atom stereocenters. The van der Waals surface area contributed by atoms with Crippen molar-refractivity contribution in [3.05, 3.63) is 64.2 Å². The number of fused-ring (bicyclic) bond motifs is 1. The highest BCUT2D eigenvalue weighted by Crippen LogP contribution is 2.31. The second-order valence-electron chi connectivity index (χ2n) is 7.40. The molecule has 0 amide bonds. The average molecular weight is 439 g/mol. The predicted molar refractivity (Wildman–Crippen MR) is 122 cm³/mol. The second-order valence-corrected chi connectivity index (χ2v) is 8.46. The number of aromatic nitrogens is 3. The molecule has 0 aliphatic rings. The molecule has 0 aliphatic heterocycles. The number of benzene rings is 1. The van der Waals surface area contributed by atoms with Gasteiger partial charge >= 0.3 is 5.97 Å². The zero-order valence-electron chi connectivity index (χ0n) is 17.6.